The molecule has 6 nitrogen and oxygen atoms in total. The van der Waals surface area contributed by atoms with Crippen LogP contribution in [0.3, 0.4) is 0 Å². The van der Waals surface area contributed by atoms with Gasteiger partial charge in [-0.25, -0.2) is 0 Å². The van der Waals surface area contributed by atoms with Crippen molar-refractivity contribution in [3.8, 4) is 0 Å². The van der Waals surface area contributed by atoms with Gasteiger partial charge in [-0.1, -0.05) is 36.9 Å². The highest BCUT2D eigenvalue weighted by molar-refractivity contribution is 6.30. The number of piperidine rings is 1. The number of carbonyl (C=O) groups excluding carboxylic acids is 2. The van der Waals surface area contributed by atoms with E-state index in [0.29, 0.717) is 29.6 Å². The van der Waals surface area contributed by atoms with E-state index in [-0.39, 0.29) is 17.9 Å². The average Bonchev–Trinajstić information content (AvgIpc) is 3.34. The average molecular weight is 461 g/mol. The van der Waals surface area contributed by atoms with Gasteiger partial charge >= 0.3 is 0 Å². The number of hydrogen-bond acceptors (Lipinski definition) is 4. The van der Waals surface area contributed by atoms with Crippen molar-refractivity contribution >= 4 is 23.4 Å². The lowest BCUT2D eigenvalue weighted by Gasteiger charge is -2.41. The number of likely N-dealkylation sites (tertiary alicyclic amines) is 1. The molecule has 0 bridgehead atoms. The maximum atomic E-state index is 13.3. The van der Waals surface area contributed by atoms with E-state index < -0.39 is 0 Å². The second-order valence-corrected chi connectivity index (χ2v) is 9.96. The quantitative estimate of drug-likeness (QED) is 0.678. The second-order valence-electron chi connectivity index (χ2n) is 9.52. The zero-order chi connectivity index (χ0) is 22.3. The van der Waals surface area contributed by atoms with Gasteiger partial charge in [0.15, 0.2) is 0 Å². The molecule has 176 valence electrons. The largest absolute Gasteiger partial charge is 0.353 e. The van der Waals surface area contributed by atoms with Crippen molar-refractivity contribution in [2.24, 2.45) is 5.92 Å². The highest BCUT2D eigenvalue weighted by Crippen LogP contribution is 2.31. The fourth-order valence-electron chi connectivity index (χ4n) is 5.58. The number of carbonyl (C=O) groups is 2. The standard InChI is InChI=1S/C25H37ClN4O2/c26-22-10-6-9-21(19-22)25(32)30-17-15-29(16-18-30)23(20-7-2-3-8-20)24(31)27-11-14-28-12-4-1-5-13-28/h6,9-10,19-20,23H,1-5,7-8,11-18H2,(H,27,31)/t23-/m0/s1. The Morgan fingerprint density at radius 1 is 0.969 bits per heavy atom. The van der Waals surface area contributed by atoms with Crippen LogP contribution in [0.5, 0.6) is 0 Å². The van der Waals surface area contributed by atoms with E-state index >= 15 is 0 Å². The highest BCUT2D eigenvalue weighted by Gasteiger charge is 2.37. The molecule has 1 N–H and O–H groups in total. The summed E-state index contributed by atoms with van der Waals surface area (Å²) >= 11 is 6.06. The maximum Gasteiger partial charge on any atom is 0.253 e. The van der Waals surface area contributed by atoms with Crippen LogP contribution in [0, 0.1) is 5.92 Å². The van der Waals surface area contributed by atoms with E-state index in [9.17, 15) is 9.59 Å². The van der Waals surface area contributed by atoms with E-state index in [1.54, 1.807) is 12.1 Å². The number of amides is 2. The van der Waals surface area contributed by atoms with Crippen molar-refractivity contribution in [3.05, 3.63) is 34.9 Å². The van der Waals surface area contributed by atoms with Gasteiger partial charge < -0.3 is 15.1 Å². The Morgan fingerprint density at radius 3 is 2.38 bits per heavy atom. The number of rotatable bonds is 7. The van der Waals surface area contributed by atoms with Crippen LogP contribution in [0.4, 0.5) is 0 Å². The number of hydrogen-bond donors (Lipinski definition) is 1. The lowest BCUT2D eigenvalue weighted by atomic mass is 9.95. The van der Waals surface area contributed by atoms with Gasteiger partial charge in [-0.3, -0.25) is 14.5 Å². The van der Waals surface area contributed by atoms with Gasteiger partial charge in [0.05, 0.1) is 6.04 Å². The molecule has 1 aliphatic carbocycles. The minimum Gasteiger partial charge on any atom is -0.353 e. The monoisotopic (exact) mass is 460 g/mol. The Labute approximate surface area is 197 Å². The number of piperazine rings is 1. The Hall–Kier alpha value is -1.63. The summed E-state index contributed by atoms with van der Waals surface area (Å²) in [6, 6.07) is 7.08. The van der Waals surface area contributed by atoms with Crippen molar-refractivity contribution in [1.82, 2.24) is 20.0 Å². The SMILES string of the molecule is O=C(NCCN1CCCCC1)[C@H](C1CCCC1)N1CCN(C(=O)c2cccc(Cl)c2)CC1. The van der Waals surface area contributed by atoms with Crippen LogP contribution in [0.25, 0.3) is 0 Å². The first-order valence-corrected chi connectivity index (χ1v) is 12.8. The summed E-state index contributed by atoms with van der Waals surface area (Å²) in [4.78, 5) is 32.8. The van der Waals surface area contributed by atoms with Crippen LogP contribution in [0.1, 0.15) is 55.3 Å². The van der Waals surface area contributed by atoms with Gasteiger partial charge in [0.2, 0.25) is 5.91 Å². The normalized spacial score (nSPS) is 22.1. The van der Waals surface area contributed by atoms with Crippen LogP contribution in [0.2, 0.25) is 5.02 Å². The van der Waals surface area contributed by atoms with Crippen LogP contribution < -0.4 is 5.32 Å². The molecule has 2 amide bonds. The molecule has 1 saturated carbocycles. The van der Waals surface area contributed by atoms with Crippen molar-refractivity contribution < 1.29 is 9.59 Å². The second kappa shape index (κ2) is 11.5. The summed E-state index contributed by atoms with van der Waals surface area (Å²) in [6.45, 7) is 6.78. The van der Waals surface area contributed by atoms with Gasteiger partial charge in [-0.15, -0.1) is 0 Å². The maximum absolute atomic E-state index is 13.3. The predicted molar refractivity (Wildman–Crippen MR) is 128 cm³/mol. The van der Waals surface area contributed by atoms with Crippen molar-refractivity contribution in [2.75, 3.05) is 52.4 Å². The molecular weight excluding hydrogens is 424 g/mol. The molecule has 3 fully saturated rings. The van der Waals surface area contributed by atoms with Gasteiger partial charge in [0.1, 0.15) is 0 Å². The fraction of sp³-hybridized carbons (Fsp3) is 0.680. The summed E-state index contributed by atoms with van der Waals surface area (Å²) in [5, 5.41) is 3.83. The minimum atomic E-state index is -0.0673. The zero-order valence-electron chi connectivity index (χ0n) is 19.1. The first kappa shape index (κ1) is 23.5. The Balaban J connectivity index is 1.32. The molecule has 32 heavy (non-hydrogen) atoms. The molecule has 4 rings (SSSR count). The van der Waals surface area contributed by atoms with Crippen LogP contribution in [-0.4, -0.2) is 84.9 Å². The van der Waals surface area contributed by atoms with Crippen molar-refractivity contribution in [1.29, 1.82) is 0 Å². The topological polar surface area (TPSA) is 55.9 Å². The third kappa shape index (κ3) is 6.03. The van der Waals surface area contributed by atoms with Gasteiger partial charge in [0.25, 0.3) is 5.91 Å². The minimum absolute atomic E-state index is 0.0237. The van der Waals surface area contributed by atoms with E-state index in [2.05, 4.69) is 15.1 Å². The number of nitrogens with zero attached hydrogens (tertiary/aromatic N) is 3. The Morgan fingerprint density at radius 2 is 1.69 bits per heavy atom. The van der Waals surface area contributed by atoms with Gasteiger partial charge in [-0.2, -0.15) is 0 Å². The van der Waals surface area contributed by atoms with Crippen LogP contribution in [-0.2, 0) is 4.79 Å². The summed E-state index contributed by atoms with van der Waals surface area (Å²) in [5.74, 6) is 0.638. The summed E-state index contributed by atoms with van der Waals surface area (Å²) in [7, 11) is 0. The van der Waals surface area contributed by atoms with E-state index in [1.165, 1.54) is 32.1 Å². The lowest BCUT2D eigenvalue weighted by Crippen LogP contribution is -2.58. The fourth-order valence-corrected chi connectivity index (χ4v) is 5.77. The third-order valence-electron chi connectivity index (χ3n) is 7.36. The predicted octanol–water partition coefficient (Wildman–Crippen LogP) is 3.26. The van der Waals surface area contributed by atoms with E-state index in [0.717, 1.165) is 52.1 Å². The van der Waals surface area contributed by atoms with E-state index in [4.69, 9.17) is 11.6 Å². The molecule has 2 heterocycles. The summed E-state index contributed by atoms with van der Waals surface area (Å²) < 4.78 is 0. The molecule has 1 aromatic carbocycles. The molecule has 0 spiro atoms. The van der Waals surface area contributed by atoms with Crippen molar-refractivity contribution in [3.63, 3.8) is 0 Å². The zero-order valence-corrected chi connectivity index (χ0v) is 19.9. The third-order valence-corrected chi connectivity index (χ3v) is 7.59. The Kier molecular flexibility index (Phi) is 8.44. The smallest absolute Gasteiger partial charge is 0.253 e. The Bertz CT molecular complexity index is 769. The molecular formula is C25H37ClN4O2. The van der Waals surface area contributed by atoms with Gasteiger partial charge in [-0.05, 0) is 62.9 Å². The number of halogens is 1. The number of nitrogens with one attached hydrogen (secondary N) is 1. The first-order chi connectivity index (χ1) is 15.6. The molecule has 1 aromatic rings. The van der Waals surface area contributed by atoms with E-state index in [1.807, 2.05) is 17.0 Å². The lowest BCUT2D eigenvalue weighted by molar-refractivity contribution is -0.129. The van der Waals surface area contributed by atoms with Crippen LogP contribution in [0.15, 0.2) is 24.3 Å². The van der Waals surface area contributed by atoms with Crippen LogP contribution >= 0.6 is 11.6 Å². The van der Waals surface area contributed by atoms with Crippen molar-refractivity contribution in [2.45, 2.75) is 51.0 Å². The molecule has 2 aliphatic heterocycles. The molecule has 0 aromatic heterocycles. The molecule has 0 unspecified atom stereocenters. The van der Waals surface area contributed by atoms with Gasteiger partial charge in [0, 0.05) is 49.9 Å². The molecule has 2 saturated heterocycles. The molecule has 3 aliphatic rings. The molecule has 1 atom stereocenters. The first-order valence-electron chi connectivity index (χ1n) is 12.4. The summed E-state index contributed by atoms with van der Waals surface area (Å²) in [6.07, 6.45) is 8.58. The molecule has 7 heteroatoms. The number of benzene rings is 1. The highest BCUT2D eigenvalue weighted by atomic mass is 35.5. The molecule has 0 radical (unpaired) electrons. The summed E-state index contributed by atoms with van der Waals surface area (Å²) in [5.41, 5.74) is 0.633.